The molecule has 9 nitrogen and oxygen atoms in total. The fourth-order valence-electron chi connectivity index (χ4n) is 2.38. The molecule has 0 spiro atoms. The molecular weight excluding hydrogens is 316 g/mol. The van der Waals surface area contributed by atoms with Crippen LogP contribution in [0.5, 0.6) is 11.5 Å². The fraction of sp³-hybridized carbons (Fsp3) is 0.400. The number of ether oxygens (including phenoxy) is 2. The van der Waals surface area contributed by atoms with Crippen LogP contribution in [0.1, 0.15) is 0 Å². The van der Waals surface area contributed by atoms with E-state index in [1.54, 1.807) is 18.2 Å². The highest BCUT2D eigenvalue weighted by Gasteiger charge is 2.32. The van der Waals surface area contributed by atoms with Gasteiger partial charge >= 0.3 is 6.03 Å². The summed E-state index contributed by atoms with van der Waals surface area (Å²) in [5.41, 5.74) is 5.54. The molecule has 0 aromatic heterocycles. The monoisotopic (exact) mass is 336 g/mol. The smallest absolute Gasteiger partial charge is 0.325 e. The van der Waals surface area contributed by atoms with E-state index in [1.165, 1.54) is 24.0 Å². The summed E-state index contributed by atoms with van der Waals surface area (Å²) in [6, 6.07) is 4.82. The van der Waals surface area contributed by atoms with Crippen LogP contribution in [0, 0.1) is 0 Å². The summed E-state index contributed by atoms with van der Waals surface area (Å²) in [6.07, 6.45) is 0. The number of methoxy groups -OCH3 is 2. The van der Waals surface area contributed by atoms with Gasteiger partial charge in [-0.15, -0.1) is 0 Å². The topological polar surface area (TPSA) is 114 Å². The Labute approximate surface area is 139 Å². The SMILES string of the molecule is COc1ccc(OC)c(N2CCN(CC(=O)NCC(N)=O)C2=O)c1. The van der Waals surface area contributed by atoms with E-state index >= 15 is 0 Å². The van der Waals surface area contributed by atoms with Crippen molar-refractivity contribution in [2.75, 3.05) is 45.3 Å². The van der Waals surface area contributed by atoms with Crippen LogP contribution in [0.3, 0.4) is 0 Å². The maximum Gasteiger partial charge on any atom is 0.325 e. The molecule has 1 aliphatic rings. The van der Waals surface area contributed by atoms with Crippen LogP contribution in [-0.2, 0) is 9.59 Å². The molecule has 0 saturated carbocycles. The van der Waals surface area contributed by atoms with E-state index in [1.807, 2.05) is 0 Å². The van der Waals surface area contributed by atoms with Crippen LogP contribution in [0.2, 0.25) is 0 Å². The lowest BCUT2D eigenvalue weighted by Crippen LogP contribution is -2.42. The first-order valence-corrected chi connectivity index (χ1v) is 7.29. The molecule has 1 aromatic rings. The molecule has 1 fully saturated rings. The summed E-state index contributed by atoms with van der Waals surface area (Å²) < 4.78 is 10.5. The van der Waals surface area contributed by atoms with Gasteiger partial charge in [0.25, 0.3) is 0 Å². The highest BCUT2D eigenvalue weighted by Crippen LogP contribution is 2.34. The molecule has 1 heterocycles. The number of urea groups is 1. The second kappa shape index (κ2) is 7.53. The lowest BCUT2D eigenvalue weighted by molar-refractivity contribution is -0.125. The largest absolute Gasteiger partial charge is 0.497 e. The van der Waals surface area contributed by atoms with E-state index in [-0.39, 0.29) is 19.1 Å². The molecule has 24 heavy (non-hydrogen) atoms. The first-order valence-electron chi connectivity index (χ1n) is 7.29. The van der Waals surface area contributed by atoms with Crippen molar-refractivity contribution in [2.24, 2.45) is 5.73 Å². The molecule has 9 heteroatoms. The van der Waals surface area contributed by atoms with Gasteiger partial charge in [0.05, 0.1) is 26.5 Å². The molecule has 2 rings (SSSR count). The molecule has 0 bridgehead atoms. The lowest BCUT2D eigenvalue weighted by Gasteiger charge is -2.20. The minimum absolute atomic E-state index is 0.144. The zero-order valence-corrected chi connectivity index (χ0v) is 13.6. The average molecular weight is 336 g/mol. The Morgan fingerprint density at radius 2 is 2.00 bits per heavy atom. The van der Waals surface area contributed by atoms with E-state index in [0.29, 0.717) is 30.3 Å². The van der Waals surface area contributed by atoms with E-state index in [2.05, 4.69) is 5.32 Å². The third-order valence-electron chi connectivity index (χ3n) is 3.57. The van der Waals surface area contributed by atoms with Crippen LogP contribution >= 0.6 is 0 Å². The number of carbonyl (C=O) groups is 3. The first-order chi connectivity index (χ1) is 11.5. The van der Waals surface area contributed by atoms with Crippen molar-refractivity contribution in [3.8, 4) is 11.5 Å². The second-order valence-electron chi connectivity index (χ2n) is 5.14. The Balaban J connectivity index is 2.08. The van der Waals surface area contributed by atoms with Crippen LogP contribution in [0.4, 0.5) is 10.5 Å². The Hall–Kier alpha value is -2.97. The van der Waals surface area contributed by atoms with E-state index in [4.69, 9.17) is 15.2 Å². The van der Waals surface area contributed by atoms with Crippen molar-refractivity contribution in [2.45, 2.75) is 0 Å². The third-order valence-corrected chi connectivity index (χ3v) is 3.57. The Kier molecular flexibility index (Phi) is 5.46. The Morgan fingerprint density at radius 3 is 2.62 bits per heavy atom. The van der Waals surface area contributed by atoms with Crippen molar-refractivity contribution >= 4 is 23.5 Å². The van der Waals surface area contributed by atoms with Gasteiger partial charge in [0.15, 0.2) is 0 Å². The summed E-state index contributed by atoms with van der Waals surface area (Å²) in [7, 11) is 3.05. The van der Waals surface area contributed by atoms with Gasteiger partial charge in [-0.1, -0.05) is 0 Å². The molecule has 1 aromatic carbocycles. The minimum Gasteiger partial charge on any atom is -0.497 e. The van der Waals surface area contributed by atoms with Crippen molar-refractivity contribution in [3.63, 3.8) is 0 Å². The van der Waals surface area contributed by atoms with E-state index in [0.717, 1.165) is 0 Å². The number of nitrogens with one attached hydrogen (secondary N) is 1. The molecule has 0 radical (unpaired) electrons. The van der Waals surface area contributed by atoms with E-state index in [9.17, 15) is 14.4 Å². The number of primary amides is 1. The number of amides is 4. The van der Waals surface area contributed by atoms with Gasteiger partial charge in [0, 0.05) is 19.2 Å². The molecule has 0 aliphatic carbocycles. The fourth-order valence-corrected chi connectivity index (χ4v) is 2.38. The third kappa shape index (κ3) is 3.86. The molecule has 1 saturated heterocycles. The number of anilines is 1. The van der Waals surface area contributed by atoms with Gasteiger partial charge in [0.2, 0.25) is 11.8 Å². The molecule has 1 aliphatic heterocycles. The van der Waals surface area contributed by atoms with Crippen LogP contribution in [-0.4, -0.2) is 63.1 Å². The number of nitrogens with two attached hydrogens (primary N) is 1. The van der Waals surface area contributed by atoms with Gasteiger partial charge < -0.3 is 25.4 Å². The molecule has 4 amide bonds. The normalized spacial score (nSPS) is 13.8. The number of rotatable bonds is 7. The van der Waals surface area contributed by atoms with E-state index < -0.39 is 11.8 Å². The average Bonchev–Trinajstić information content (AvgIpc) is 2.93. The second-order valence-corrected chi connectivity index (χ2v) is 5.14. The zero-order chi connectivity index (χ0) is 17.7. The Bertz CT molecular complexity index is 649. The summed E-state index contributed by atoms with van der Waals surface area (Å²) in [4.78, 5) is 37.8. The maximum absolute atomic E-state index is 12.5. The zero-order valence-electron chi connectivity index (χ0n) is 13.6. The summed E-state index contributed by atoms with van der Waals surface area (Å²) >= 11 is 0. The van der Waals surface area contributed by atoms with Crippen molar-refractivity contribution in [3.05, 3.63) is 18.2 Å². The lowest BCUT2D eigenvalue weighted by atomic mass is 10.2. The molecule has 3 N–H and O–H groups in total. The predicted molar refractivity (Wildman–Crippen MR) is 86.1 cm³/mol. The number of hydrogen-bond acceptors (Lipinski definition) is 5. The molecule has 0 atom stereocenters. The highest BCUT2D eigenvalue weighted by atomic mass is 16.5. The maximum atomic E-state index is 12.5. The predicted octanol–water partition coefficient (Wildman–Crippen LogP) is -0.453. The van der Waals surface area contributed by atoms with Gasteiger partial charge in [-0.2, -0.15) is 0 Å². The van der Waals surface area contributed by atoms with Crippen molar-refractivity contribution in [1.29, 1.82) is 0 Å². The van der Waals surface area contributed by atoms with Crippen LogP contribution in [0.15, 0.2) is 18.2 Å². The van der Waals surface area contributed by atoms with Crippen molar-refractivity contribution < 1.29 is 23.9 Å². The Morgan fingerprint density at radius 1 is 1.25 bits per heavy atom. The van der Waals surface area contributed by atoms with Crippen molar-refractivity contribution in [1.82, 2.24) is 10.2 Å². The van der Waals surface area contributed by atoms with Gasteiger partial charge in [-0.25, -0.2) is 4.79 Å². The number of nitrogens with zero attached hydrogens (tertiary/aromatic N) is 2. The molecule has 0 unspecified atom stereocenters. The van der Waals surface area contributed by atoms with Gasteiger partial charge in [-0.3, -0.25) is 14.5 Å². The summed E-state index contributed by atoms with van der Waals surface area (Å²) in [5, 5.41) is 2.35. The standard InChI is InChI=1S/C15H20N4O5/c1-23-10-3-4-12(24-2)11(7-10)19-6-5-18(15(19)22)9-14(21)17-8-13(16)20/h3-4,7H,5-6,8-9H2,1-2H3,(H2,16,20)(H,17,21). The van der Waals surface area contributed by atoms with Crippen LogP contribution in [0.25, 0.3) is 0 Å². The molecule has 130 valence electrons. The van der Waals surface area contributed by atoms with Gasteiger partial charge in [-0.05, 0) is 12.1 Å². The molecular formula is C15H20N4O5. The number of hydrogen-bond donors (Lipinski definition) is 2. The van der Waals surface area contributed by atoms with Crippen LogP contribution < -0.4 is 25.4 Å². The summed E-state index contributed by atoms with van der Waals surface area (Å²) in [6.45, 7) is 0.387. The first kappa shape index (κ1) is 17.4. The number of carbonyl (C=O) groups excluding carboxylic acids is 3. The van der Waals surface area contributed by atoms with Gasteiger partial charge in [0.1, 0.15) is 18.0 Å². The number of benzene rings is 1. The highest BCUT2D eigenvalue weighted by molar-refractivity contribution is 5.98. The minimum atomic E-state index is -0.640. The summed E-state index contributed by atoms with van der Waals surface area (Å²) in [5.74, 6) is 0.0425. The quantitative estimate of drug-likeness (QED) is 0.700.